The summed E-state index contributed by atoms with van der Waals surface area (Å²) in [4.78, 5) is 11.7. The summed E-state index contributed by atoms with van der Waals surface area (Å²) in [7, 11) is 0. The highest BCUT2D eigenvalue weighted by atomic mass is 16.3. The van der Waals surface area contributed by atoms with Crippen molar-refractivity contribution < 1.29 is 14.3 Å². The van der Waals surface area contributed by atoms with Crippen LogP contribution in [0.2, 0.25) is 0 Å². The Kier molecular flexibility index (Phi) is 3.56. The molecule has 0 spiro atoms. The second-order valence-corrected chi connectivity index (χ2v) is 4.55. The lowest BCUT2D eigenvalue weighted by atomic mass is 10.2. The minimum atomic E-state index is -0.618. The fourth-order valence-corrected chi connectivity index (χ4v) is 2.10. The molecular formula is C16H11N3O3. The largest absolute Gasteiger partial charge is 0.463 e. The molecule has 0 saturated carbocycles. The Morgan fingerprint density at radius 2 is 2.18 bits per heavy atom. The molecule has 2 aromatic heterocycles. The lowest BCUT2D eigenvalue weighted by Gasteiger charge is -2.05. The van der Waals surface area contributed by atoms with Crippen LogP contribution in [0.4, 0.5) is 0 Å². The molecule has 1 N–H and O–H groups in total. The Hall–Kier alpha value is -3.17. The molecule has 6 nitrogen and oxygen atoms in total. The van der Waals surface area contributed by atoms with Crippen molar-refractivity contribution in [2.45, 2.75) is 0 Å². The van der Waals surface area contributed by atoms with Crippen LogP contribution >= 0.6 is 0 Å². The third kappa shape index (κ3) is 2.41. The summed E-state index contributed by atoms with van der Waals surface area (Å²) in [5, 5.41) is 22.2. The van der Waals surface area contributed by atoms with Crippen LogP contribution in [0.3, 0.4) is 0 Å². The van der Waals surface area contributed by atoms with Gasteiger partial charge in [-0.15, -0.1) is 0 Å². The molecule has 0 atom stereocenters. The first-order valence-corrected chi connectivity index (χ1v) is 6.51. The van der Waals surface area contributed by atoms with Gasteiger partial charge in [0, 0.05) is 0 Å². The maximum Gasteiger partial charge on any atom is 0.208 e. The van der Waals surface area contributed by atoms with E-state index in [1.807, 2.05) is 0 Å². The predicted molar refractivity (Wildman–Crippen MR) is 77.4 cm³/mol. The van der Waals surface area contributed by atoms with Gasteiger partial charge in [-0.3, -0.25) is 4.79 Å². The van der Waals surface area contributed by atoms with Gasteiger partial charge in [0.15, 0.2) is 5.76 Å². The number of hydrogen-bond donors (Lipinski definition) is 1. The zero-order valence-electron chi connectivity index (χ0n) is 11.4. The molecule has 0 aliphatic carbocycles. The molecule has 1 aromatic carbocycles. The number of furan rings is 1. The molecule has 22 heavy (non-hydrogen) atoms. The summed E-state index contributed by atoms with van der Waals surface area (Å²) in [6, 6.07) is 13.9. The highest BCUT2D eigenvalue weighted by Crippen LogP contribution is 2.25. The van der Waals surface area contributed by atoms with Gasteiger partial charge >= 0.3 is 0 Å². The standard InChI is InChI=1S/C16H11N3O3/c17-9-11-3-1-4-12(7-11)19-14(16-5-2-6-22-16)8-13(18-19)15(21)10-20/h1-8,20H,10H2. The zero-order valence-corrected chi connectivity index (χ0v) is 11.4. The average molecular weight is 293 g/mol. The molecular weight excluding hydrogens is 282 g/mol. The number of benzene rings is 1. The van der Waals surface area contributed by atoms with Crippen LogP contribution in [0.25, 0.3) is 17.1 Å². The van der Waals surface area contributed by atoms with Crippen molar-refractivity contribution in [3.63, 3.8) is 0 Å². The van der Waals surface area contributed by atoms with Gasteiger partial charge in [0.05, 0.1) is 23.6 Å². The number of rotatable bonds is 4. The van der Waals surface area contributed by atoms with Crippen LogP contribution in [-0.4, -0.2) is 27.3 Å². The highest BCUT2D eigenvalue weighted by molar-refractivity contribution is 5.96. The number of aliphatic hydroxyl groups excluding tert-OH is 1. The molecule has 0 unspecified atom stereocenters. The normalized spacial score (nSPS) is 10.4. The molecule has 0 bridgehead atoms. The smallest absolute Gasteiger partial charge is 0.208 e. The van der Waals surface area contributed by atoms with Crippen LogP contribution in [0.5, 0.6) is 0 Å². The molecule has 6 heteroatoms. The third-order valence-corrected chi connectivity index (χ3v) is 3.13. The number of nitrogens with zero attached hydrogens (tertiary/aromatic N) is 3. The molecule has 3 rings (SSSR count). The second kappa shape index (κ2) is 5.68. The second-order valence-electron chi connectivity index (χ2n) is 4.55. The first kappa shape index (κ1) is 13.8. The number of ketones is 1. The topological polar surface area (TPSA) is 92.0 Å². The third-order valence-electron chi connectivity index (χ3n) is 3.13. The summed E-state index contributed by atoms with van der Waals surface area (Å²) in [5.74, 6) is 0.0508. The zero-order chi connectivity index (χ0) is 15.5. The number of aliphatic hydroxyl groups is 1. The molecule has 0 aliphatic heterocycles. The van der Waals surface area contributed by atoms with Gasteiger partial charge < -0.3 is 9.52 Å². The molecule has 3 aromatic rings. The maximum atomic E-state index is 11.7. The van der Waals surface area contributed by atoms with Crippen LogP contribution < -0.4 is 0 Å². The van der Waals surface area contributed by atoms with E-state index in [1.165, 1.54) is 10.9 Å². The van der Waals surface area contributed by atoms with Crippen LogP contribution in [0.15, 0.2) is 53.1 Å². The molecule has 2 heterocycles. The van der Waals surface area contributed by atoms with Gasteiger partial charge in [0.1, 0.15) is 18.0 Å². The highest BCUT2D eigenvalue weighted by Gasteiger charge is 2.17. The molecule has 0 aliphatic rings. The molecule has 0 amide bonds. The maximum absolute atomic E-state index is 11.7. The van der Waals surface area contributed by atoms with E-state index in [1.54, 1.807) is 42.5 Å². The number of carbonyl (C=O) groups is 1. The summed E-state index contributed by atoms with van der Waals surface area (Å²) in [6.45, 7) is -0.618. The lowest BCUT2D eigenvalue weighted by molar-refractivity contribution is 0.0898. The summed E-state index contributed by atoms with van der Waals surface area (Å²) >= 11 is 0. The van der Waals surface area contributed by atoms with Crippen LogP contribution in [0.1, 0.15) is 16.1 Å². The molecule has 0 saturated heterocycles. The van der Waals surface area contributed by atoms with E-state index < -0.39 is 12.4 Å². The Bertz CT molecular complexity index is 857. The summed E-state index contributed by atoms with van der Waals surface area (Å²) in [5.41, 5.74) is 1.81. The minimum Gasteiger partial charge on any atom is -0.463 e. The Morgan fingerprint density at radius 3 is 2.86 bits per heavy atom. The van der Waals surface area contributed by atoms with Crippen molar-refractivity contribution in [2.24, 2.45) is 0 Å². The fourth-order valence-electron chi connectivity index (χ4n) is 2.10. The SMILES string of the molecule is N#Cc1cccc(-n2nc(C(=O)CO)cc2-c2ccco2)c1. The Morgan fingerprint density at radius 1 is 1.32 bits per heavy atom. The van der Waals surface area contributed by atoms with Crippen LogP contribution in [-0.2, 0) is 0 Å². The van der Waals surface area contributed by atoms with E-state index >= 15 is 0 Å². The van der Waals surface area contributed by atoms with Crippen molar-refractivity contribution in [1.82, 2.24) is 9.78 Å². The monoisotopic (exact) mass is 293 g/mol. The Labute approximate surface area is 125 Å². The number of Topliss-reactive ketones (excluding diaryl/α,β-unsaturated/α-hetero) is 1. The summed E-state index contributed by atoms with van der Waals surface area (Å²) < 4.78 is 6.88. The van der Waals surface area contributed by atoms with Gasteiger partial charge in [-0.2, -0.15) is 10.4 Å². The van der Waals surface area contributed by atoms with E-state index in [9.17, 15) is 4.79 Å². The van der Waals surface area contributed by atoms with Gasteiger partial charge in [-0.25, -0.2) is 4.68 Å². The first-order chi connectivity index (χ1) is 10.7. The van der Waals surface area contributed by atoms with Gasteiger partial charge in [-0.1, -0.05) is 6.07 Å². The molecule has 0 fully saturated rings. The van der Waals surface area contributed by atoms with E-state index in [0.29, 0.717) is 22.7 Å². The number of nitriles is 1. The first-order valence-electron chi connectivity index (χ1n) is 6.51. The van der Waals surface area contributed by atoms with Crippen molar-refractivity contribution in [3.8, 4) is 23.2 Å². The Balaban J connectivity index is 2.19. The minimum absolute atomic E-state index is 0.135. The number of aromatic nitrogens is 2. The predicted octanol–water partition coefficient (Wildman–Crippen LogP) is 2.18. The van der Waals surface area contributed by atoms with Crippen LogP contribution in [0, 0.1) is 11.3 Å². The van der Waals surface area contributed by atoms with Gasteiger partial charge in [0.2, 0.25) is 5.78 Å². The molecule has 108 valence electrons. The molecule has 0 radical (unpaired) electrons. The van der Waals surface area contributed by atoms with E-state index in [2.05, 4.69) is 11.2 Å². The number of hydrogen-bond acceptors (Lipinski definition) is 5. The van der Waals surface area contributed by atoms with Crippen molar-refractivity contribution in [2.75, 3.05) is 6.61 Å². The quantitative estimate of drug-likeness (QED) is 0.744. The van der Waals surface area contributed by atoms with Gasteiger partial charge in [0.25, 0.3) is 0 Å². The number of carbonyl (C=O) groups excluding carboxylic acids is 1. The average Bonchev–Trinajstić information content (AvgIpc) is 3.23. The van der Waals surface area contributed by atoms with Crippen molar-refractivity contribution in [1.29, 1.82) is 5.26 Å². The summed E-state index contributed by atoms with van der Waals surface area (Å²) in [6.07, 6.45) is 1.52. The van der Waals surface area contributed by atoms with Crippen molar-refractivity contribution >= 4 is 5.78 Å². The fraction of sp³-hybridized carbons (Fsp3) is 0.0625. The van der Waals surface area contributed by atoms with E-state index in [-0.39, 0.29) is 5.69 Å². The van der Waals surface area contributed by atoms with Crippen molar-refractivity contribution in [3.05, 3.63) is 60.0 Å². The van der Waals surface area contributed by atoms with E-state index in [4.69, 9.17) is 14.8 Å². The van der Waals surface area contributed by atoms with E-state index in [0.717, 1.165) is 0 Å². The lowest BCUT2D eigenvalue weighted by Crippen LogP contribution is -2.06. The van der Waals surface area contributed by atoms with Gasteiger partial charge in [-0.05, 0) is 36.4 Å².